The van der Waals surface area contributed by atoms with Crippen LogP contribution in [-0.4, -0.2) is 43.4 Å². The number of nitrogens with one attached hydrogen (secondary N) is 1. The highest BCUT2D eigenvalue weighted by atomic mass is 79.9. The number of hydrogen-bond donors (Lipinski definition) is 3. The number of aliphatic hydroxyl groups excluding tert-OH is 2. The number of rotatable bonds is 10. The van der Waals surface area contributed by atoms with E-state index in [-0.39, 0.29) is 26.0 Å². The molecule has 2 aromatic rings. The van der Waals surface area contributed by atoms with Gasteiger partial charge in [0.2, 0.25) is 6.79 Å². The first-order chi connectivity index (χ1) is 14.0. The number of halogens is 1. The van der Waals surface area contributed by atoms with Crippen molar-refractivity contribution in [3.8, 4) is 23.0 Å². The lowest BCUT2D eigenvalue weighted by Gasteiger charge is -2.18. The third-order valence-electron chi connectivity index (χ3n) is 4.76. The van der Waals surface area contributed by atoms with Crippen molar-refractivity contribution in [2.45, 2.75) is 32.0 Å². The van der Waals surface area contributed by atoms with E-state index in [0.29, 0.717) is 35.1 Å². The van der Waals surface area contributed by atoms with E-state index in [1.54, 1.807) is 25.3 Å². The topological polar surface area (TPSA) is 89.4 Å². The molecule has 1 aliphatic heterocycles. The fourth-order valence-corrected chi connectivity index (χ4v) is 3.60. The maximum Gasteiger partial charge on any atom is 0.231 e. The standard InChI is InChI=1S/C21H26BrNO6/c1-3-15(10-24)23-9-13-6-16(22)21(20(7-13)26-2)27-11-17(25)14-4-5-18-19(8-14)29-12-28-18/h4-8,15,17,23-25H,3,9-12H2,1-2H3. The summed E-state index contributed by atoms with van der Waals surface area (Å²) in [7, 11) is 1.57. The molecule has 0 aromatic heterocycles. The number of methoxy groups -OCH3 is 1. The summed E-state index contributed by atoms with van der Waals surface area (Å²) in [5, 5.41) is 23.1. The molecule has 29 heavy (non-hydrogen) atoms. The van der Waals surface area contributed by atoms with Crippen LogP contribution in [0.1, 0.15) is 30.6 Å². The van der Waals surface area contributed by atoms with Crippen LogP contribution in [0.2, 0.25) is 0 Å². The van der Waals surface area contributed by atoms with E-state index in [9.17, 15) is 10.2 Å². The molecule has 0 saturated carbocycles. The van der Waals surface area contributed by atoms with Gasteiger partial charge in [-0.3, -0.25) is 0 Å². The van der Waals surface area contributed by atoms with Crippen LogP contribution in [0.5, 0.6) is 23.0 Å². The molecule has 1 aliphatic rings. The van der Waals surface area contributed by atoms with Crippen molar-refractivity contribution in [3.63, 3.8) is 0 Å². The molecule has 0 fully saturated rings. The fourth-order valence-electron chi connectivity index (χ4n) is 2.99. The van der Waals surface area contributed by atoms with Gasteiger partial charge in [0.05, 0.1) is 18.2 Å². The zero-order valence-corrected chi connectivity index (χ0v) is 18.1. The van der Waals surface area contributed by atoms with Crippen molar-refractivity contribution in [3.05, 3.63) is 45.9 Å². The predicted octanol–water partition coefficient (Wildman–Crippen LogP) is 3.16. The second kappa shape index (κ2) is 10.2. The average molecular weight is 468 g/mol. The molecule has 0 radical (unpaired) electrons. The van der Waals surface area contributed by atoms with Gasteiger partial charge >= 0.3 is 0 Å². The minimum absolute atomic E-state index is 0.0487. The summed E-state index contributed by atoms with van der Waals surface area (Å²) in [4.78, 5) is 0. The number of fused-ring (bicyclic) bond motifs is 1. The monoisotopic (exact) mass is 467 g/mol. The second-order valence-corrected chi connectivity index (χ2v) is 7.57. The summed E-state index contributed by atoms with van der Waals surface area (Å²) < 4.78 is 22.7. The Morgan fingerprint density at radius 1 is 1.21 bits per heavy atom. The van der Waals surface area contributed by atoms with Crippen LogP contribution in [0.25, 0.3) is 0 Å². The molecule has 158 valence electrons. The zero-order chi connectivity index (χ0) is 20.8. The van der Waals surface area contributed by atoms with Crippen LogP contribution in [0.4, 0.5) is 0 Å². The molecule has 0 bridgehead atoms. The molecule has 0 spiro atoms. The summed E-state index contributed by atoms with van der Waals surface area (Å²) in [5.74, 6) is 2.36. The van der Waals surface area contributed by atoms with Crippen LogP contribution in [0.15, 0.2) is 34.8 Å². The van der Waals surface area contributed by atoms with Crippen LogP contribution in [-0.2, 0) is 6.54 Å². The molecule has 3 N–H and O–H groups in total. The number of hydrogen-bond acceptors (Lipinski definition) is 7. The van der Waals surface area contributed by atoms with Crippen molar-refractivity contribution in [1.82, 2.24) is 5.32 Å². The lowest BCUT2D eigenvalue weighted by molar-refractivity contribution is 0.105. The molecule has 0 aliphatic carbocycles. The molecule has 2 atom stereocenters. The number of benzene rings is 2. The van der Waals surface area contributed by atoms with Crippen LogP contribution in [0, 0.1) is 0 Å². The highest BCUT2D eigenvalue weighted by molar-refractivity contribution is 9.10. The van der Waals surface area contributed by atoms with Crippen molar-refractivity contribution in [2.24, 2.45) is 0 Å². The van der Waals surface area contributed by atoms with Crippen LogP contribution < -0.4 is 24.3 Å². The maximum atomic E-state index is 10.5. The summed E-state index contributed by atoms with van der Waals surface area (Å²) in [6.07, 6.45) is 0.00520. The average Bonchev–Trinajstić information content (AvgIpc) is 3.21. The minimum atomic E-state index is -0.836. The Bertz CT molecular complexity index is 827. The molecule has 0 amide bonds. The van der Waals surface area contributed by atoms with Gasteiger partial charge in [0, 0.05) is 12.6 Å². The molecule has 8 heteroatoms. The second-order valence-electron chi connectivity index (χ2n) is 6.72. The Labute approximate surface area is 178 Å². The molecular weight excluding hydrogens is 442 g/mol. The Kier molecular flexibility index (Phi) is 7.60. The number of aliphatic hydroxyl groups is 2. The molecule has 7 nitrogen and oxygen atoms in total. The van der Waals surface area contributed by atoms with Crippen LogP contribution in [0.3, 0.4) is 0 Å². The van der Waals surface area contributed by atoms with Gasteiger partial charge < -0.3 is 34.5 Å². The van der Waals surface area contributed by atoms with Gasteiger partial charge in [-0.1, -0.05) is 13.0 Å². The van der Waals surface area contributed by atoms with E-state index in [0.717, 1.165) is 16.5 Å². The van der Waals surface area contributed by atoms with E-state index in [1.807, 2.05) is 19.1 Å². The van der Waals surface area contributed by atoms with Crippen molar-refractivity contribution in [2.75, 3.05) is 27.1 Å². The number of ether oxygens (including phenoxy) is 4. The Morgan fingerprint density at radius 3 is 2.72 bits per heavy atom. The largest absolute Gasteiger partial charge is 0.493 e. The normalized spacial score (nSPS) is 14.5. The smallest absolute Gasteiger partial charge is 0.231 e. The van der Waals surface area contributed by atoms with Crippen molar-refractivity contribution >= 4 is 15.9 Å². The van der Waals surface area contributed by atoms with E-state index in [1.165, 1.54) is 0 Å². The summed E-state index contributed by atoms with van der Waals surface area (Å²) in [5.41, 5.74) is 1.67. The summed E-state index contributed by atoms with van der Waals surface area (Å²) >= 11 is 3.53. The van der Waals surface area contributed by atoms with Gasteiger partial charge in [-0.25, -0.2) is 0 Å². The van der Waals surface area contributed by atoms with Gasteiger partial charge in [0.15, 0.2) is 23.0 Å². The zero-order valence-electron chi connectivity index (χ0n) is 16.5. The van der Waals surface area contributed by atoms with Gasteiger partial charge in [-0.15, -0.1) is 0 Å². The third kappa shape index (κ3) is 5.33. The summed E-state index contributed by atoms with van der Waals surface area (Å²) in [6.45, 7) is 2.94. The molecule has 0 saturated heterocycles. The third-order valence-corrected chi connectivity index (χ3v) is 5.35. The van der Waals surface area contributed by atoms with Gasteiger partial charge in [0.25, 0.3) is 0 Å². The van der Waals surface area contributed by atoms with Gasteiger partial charge in [0.1, 0.15) is 12.7 Å². The first-order valence-electron chi connectivity index (χ1n) is 9.46. The maximum absolute atomic E-state index is 10.5. The summed E-state index contributed by atoms with van der Waals surface area (Å²) in [6, 6.07) is 9.17. The first-order valence-corrected chi connectivity index (χ1v) is 10.3. The lowest BCUT2D eigenvalue weighted by Crippen LogP contribution is -2.31. The lowest BCUT2D eigenvalue weighted by atomic mass is 10.1. The molecule has 2 unspecified atom stereocenters. The molecular formula is C21H26BrNO6. The van der Waals surface area contributed by atoms with Crippen molar-refractivity contribution < 1.29 is 29.2 Å². The van der Waals surface area contributed by atoms with E-state index < -0.39 is 6.10 Å². The fraction of sp³-hybridized carbons (Fsp3) is 0.429. The minimum Gasteiger partial charge on any atom is -0.493 e. The molecule has 3 rings (SSSR count). The van der Waals surface area contributed by atoms with E-state index in [2.05, 4.69) is 21.2 Å². The quantitative estimate of drug-likeness (QED) is 0.494. The Balaban J connectivity index is 1.66. The SMILES string of the molecule is CCC(CO)NCc1cc(Br)c(OCC(O)c2ccc3c(c2)OCO3)c(OC)c1. The Hall–Kier alpha value is -2.00. The predicted molar refractivity (Wildman–Crippen MR) is 112 cm³/mol. The first kappa shape index (κ1) is 21.7. The van der Waals surface area contributed by atoms with E-state index >= 15 is 0 Å². The van der Waals surface area contributed by atoms with Crippen molar-refractivity contribution in [1.29, 1.82) is 0 Å². The Morgan fingerprint density at radius 2 is 2.00 bits per heavy atom. The highest BCUT2D eigenvalue weighted by Crippen LogP contribution is 2.38. The molecule has 2 aromatic carbocycles. The van der Waals surface area contributed by atoms with E-state index in [4.69, 9.17) is 18.9 Å². The van der Waals surface area contributed by atoms with Gasteiger partial charge in [-0.2, -0.15) is 0 Å². The van der Waals surface area contributed by atoms with Gasteiger partial charge in [-0.05, 0) is 57.7 Å². The van der Waals surface area contributed by atoms with Crippen LogP contribution >= 0.6 is 15.9 Å². The highest BCUT2D eigenvalue weighted by Gasteiger charge is 2.19. The molecule has 1 heterocycles.